The van der Waals surface area contributed by atoms with Gasteiger partial charge in [0.05, 0.1) is 6.42 Å². The molecule has 2 aromatic rings. The lowest BCUT2D eigenvalue weighted by molar-refractivity contribution is -0.136. The maximum Gasteiger partial charge on any atom is 0.307 e. The standard InChI is InChI=1S/C17H14N2O5S/c20-15(21)7-10-1-4-12(5-2-10)18-17(25)19-16(22)11-3-6-13-14(8-11)24-9-23-13/h1-6,8H,7,9H2,(H,20,21)(H2,18,19,22,25). The van der Waals surface area contributed by atoms with Gasteiger partial charge < -0.3 is 19.9 Å². The quantitative estimate of drug-likeness (QED) is 0.721. The molecule has 0 saturated carbocycles. The molecule has 1 aliphatic rings. The van der Waals surface area contributed by atoms with Gasteiger partial charge in [-0.2, -0.15) is 0 Å². The zero-order valence-corrected chi connectivity index (χ0v) is 13.8. The van der Waals surface area contributed by atoms with Gasteiger partial charge in [0.25, 0.3) is 5.91 Å². The molecule has 128 valence electrons. The van der Waals surface area contributed by atoms with E-state index in [0.717, 1.165) is 0 Å². The molecule has 7 nitrogen and oxygen atoms in total. The third-order valence-corrected chi connectivity index (χ3v) is 3.63. The fourth-order valence-corrected chi connectivity index (χ4v) is 2.47. The topological polar surface area (TPSA) is 96.9 Å². The van der Waals surface area contributed by atoms with Crippen LogP contribution >= 0.6 is 12.2 Å². The molecule has 8 heteroatoms. The number of hydrogen-bond acceptors (Lipinski definition) is 5. The summed E-state index contributed by atoms with van der Waals surface area (Å²) in [5.74, 6) is -0.162. The Labute approximate surface area is 148 Å². The highest BCUT2D eigenvalue weighted by Crippen LogP contribution is 2.32. The number of fused-ring (bicyclic) bond motifs is 1. The largest absolute Gasteiger partial charge is 0.481 e. The van der Waals surface area contributed by atoms with Crippen molar-refractivity contribution in [1.29, 1.82) is 0 Å². The molecule has 0 bridgehead atoms. The van der Waals surface area contributed by atoms with E-state index < -0.39 is 5.97 Å². The van der Waals surface area contributed by atoms with Crippen molar-refractivity contribution in [2.75, 3.05) is 12.1 Å². The first-order valence-corrected chi connectivity index (χ1v) is 7.75. The summed E-state index contributed by atoms with van der Waals surface area (Å²) in [6.07, 6.45) is -0.0500. The van der Waals surface area contributed by atoms with Crippen molar-refractivity contribution in [2.45, 2.75) is 6.42 Å². The van der Waals surface area contributed by atoms with Crippen molar-refractivity contribution in [2.24, 2.45) is 0 Å². The SMILES string of the molecule is O=C(O)Cc1ccc(NC(=S)NC(=O)c2ccc3c(c2)OCO3)cc1. The highest BCUT2D eigenvalue weighted by atomic mass is 32.1. The molecule has 1 amide bonds. The Hall–Kier alpha value is -3.13. The van der Waals surface area contributed by atoms with Crippen LogP contribution < -0.4 is 20.1 Å². The van der Waals surface area contributed by atoms with E-state index in [1.165, 1.54) is 0 Å². The minimum absolute atomic E-state index is 0.0500. The first kappa shape index (κ1) is 16.7. The Balaban J connectivity index is 1.58. The number of carbonyl (C=O) groups is 2. The van der Waals surface area contributed by atoms with Gasteiger partial charge in [0.15, 0.2) is 16.6 Å². The van der Waals surface area contributed by atoms with Crippen molar-refractivity contribution in [3.63, 3.8) is 0 Å². The Kier molecular flexibility index (Phi) is 4.80. The van der Waals surface area contributed by atoms with Gasteiger partial charge in [-0.15, -0.1) is 0 Å². The molecular weight excluding hydrogens is 344 g/mol. The third-order valence-electron chi connectivity index (χ3n) is 3.43. The summed E-state index contributed by atoms with van der Waals surface area (Å²) in [6, 6.07) is 11.6. The predicted molar refractivity (Wildman–Crippen MR) is 94.0 cm³/mol. The summed E-state index contributed by atoms with van der Waals surface area (Å²) in [6.45, 7) is 0.137. The zero-order valence-electron chi connectivity index (χ0n) is 12.9. The molecule has 1 heterocycles. The average Bonchev–Trinajstić information content (AvgIpc) is 3.03. The summed E-state index contributed by atoms with van der Waals surface area (Å²) in [7, 11) is 0. The second kappa shape index (κ2) is 7.18. The lowest BCUT2D eigenvalue weighted by Gasteiger charge is -2.10. The summed E-state index contributed by atoms with van der Waals surface area (Å²) >= 11 is 5.12. The smallest absolute Gasteiger partial charge is 0.307 e. The third kappa shape index (κ3) is 4.24. The lowest BCUT2D eigenvalue weighted by atomic mass is 10.1. The van der Waals surface area contributed by atoms with Gasteiger partial charge in [-0.3, -0.25) is 14.9 Å². The number of carboxylic acid groups (broad SMARTS) is 1. The normalized spacial score (nSPS) is 11.7. The highest BCUT2D eigenvalue weighted by Gasteiger charge is 2.16. The number of benzene rings is 2. The number of ether oxygens (including phenoxy) is 2. The van der Waals surface area contributed by atoms with Crippen LogP contribution in [0.5, 0.6) is 11.5 Å². The predicted octanol–water partition coefficient (Wildman–Crippen LogP) is 2.17. The van der Waals surface area contributed by atoms with Crippen LogP contribution in [-0.2, 0) is 11.2 Å². The van der Waals surface area contributed by atoms with Gasteiger partial charge >= 0.3 is 5.97 Å². The molecule has 3 rings (SSSR count). The van der Waals surface area contributed by atoms with E-state index in [4.69, 9.17) is 26.8 Å². The van der Waals surface area contributed by atoms with Crippen LogP contribution in [0.3, 0.4) is 0 Å². The van der Waals surface area contributed by atoms with Gasteiger partial charge in [-0.1, -0.05) is 12.1 Å². The number of carboxylic acids is 1. The number of nitrogens with one attached hydrogen (secondary N) is 2. The van der Waals surface area contributed by atoms with Gasteiger partial charge in [0.1, 0.15) is 0 Å². The van der Waals surface area contributed by atoms with Crippen LogP contribution in [0.4, 0.5) is 5.69 Å². The number of rotatable bonds is 4. The minimum Gasteiger partial charge on any atom is -0.481 e. The first-order chi connectivity index (χ1) is 12.0. The monoisotopic (exact) mass is 358 g/mol. The van der Waals surface area contributed by atoms with Gasteiger partial charge in [0, 0.05) is 11.3 Å². The summed E-state index contributed by atoms with van der Waals surface area (Å²) in [5, 5.41) is 14.3. The summed E-state index contributed by atoms with van der Waals surface area (Å²) < 4.78 is 10.4. The number of anilines is 1. The second-order valence-corrected chi connectivity index (χ2v) is 5.65. The molecule has 0 spiro atoms. The van der Waals surface area contributed by atoms with Crippen molar-refractivity contribution >= 4 is 34.9 Å². The van der Waals surface area contributed by atoms with Crippen molar-refractivity contribution in [3.05, 3.63) is 53.6 Å². The van der Waals surface area contributed by atoms with Crippen molar-refractivity contribution in [1.82, 2.24) is 5.32 Å². The van der Waals surface area contributed by atoms with Crippen molar-refractivity contribution in [3.8, 4) is 11.5 Å². The molecule has 1 aliphatic heterocycles. The second-order valence-electron chi connectivity index (χ2n) is 5.24. The van der Waals surface area contributed by atoms with Crippen LogP contribution in [0.1, 0.15) is 15.9 Å². The molecule has 0 unspecified atom stereocenters. The molecule has 0 saturated heterocycles. The highest BCUT2D eigenvalue weighted by molar-refractivity contribution is 7.80. The Bertz CT molecular complexity index is 835. The molecule has 0 aliphatic carbocycles. The van der Waals surface area contributed by atoms with E-state index in [9.17, 15) is 9.59 Å². The average molecular weight is 358 g/mol. The number of thiocarbonyl (C=S) groups is 1. The van der Waals surface area contributed by atoms with Crippen LogP contribution in [0, 0.1) is 0 Å². The number of hydrogen-bond donors (Lipinski definition) is 3. The minimum atomic E-state index is -0.896. The maximum atomic E-state index is 12.2. The summed E-state index contributed by atoms with van der Waals surface area (Å²) in [5.41, 5.74) is 1.71. The Morgan fingerprint density at radius 2 is 1.80 bits per heavy atom. The summed E-state index contributed by atoms with van der Waals surface area (Å²) in [4.78, 5) is 22.9. The fourth-order valence-electron chi connectivity index (χ4n) is 2.26. The van der Waals surface area contributed by atoms with Crippen LogP contribution in [0.2, 0.25) is 0 Å². The number of amides is 1. The Morgan fingerprint density at radius 1 is 1.08 bits per heavy atom. The lowest BCUT2D eigenvalue weighted by Crippen LogP contribution is -2.34. The van der Waals surface area contributed by atoms with E-state index in [1.807, 2.05) is 0 Å². The molecule has 0 fully saturated rings. The van der Waals surface area contributed by atoms with Gasteiger partial charge in [-0.05, 0) is 48.1 Å². The molecule has 0 radical (unpaired) electrons. The van der Waals surface area contributed by atoms with E-state index in [-0.39, 0.29) is 24.2 Å². The Morgan fingerprint density at radius 3 is 2.52 bits per heavy atom. The number of aliphatic carboxylic acids is 1. The zero-order chi connectivity index (χ0) is 17.8. The van der Waals surface area contributed by atoms with Crippen LogP contribution in [-0.4, -0.2) is 28.9 Å². The maximum absolute atomic E-state index is 12.2. The number of carbonyl (C=O) groups excluding carboxylic acids is 1. The molecular formula is C17H14N2O5S. The first-order valence-electron chi connectivity index (χ1n) is 7.34. The van der Waals surface area contributed by atoms with Gasteiger partial charge in [-0.25, -0.2) is 0 Å². The van der Waals surface area contributed by atoms with Crippen LogP contribution in [0.25, 0.3) is 0 Å². The van der Waals surface area contributed by atoms with E-state index >= 15 is 0 Å². The van der Waals surface area contributed by atoms with Crippen molar-refractivity contribution < 1.29 is 24.2 Å². The van der Waals surface area contributed by atoms with Gasteiger partial charge in [0.2, 0.25) is 6.79 Å². The van der Waals surface area contributed by atoms with Crippen LogP contribution in [0.15, 0.2) is 42.5 Å². The molecule has 0 atom stereocenters. The molecule has 3 N–H and O–H groups in total. The fraction of sp³-hybridized carbons (Fsp3) is 0.118. The molecule has 2 aromatic carbocycles. The van der Waals surface area contributed by atoms with E-state index in [1.54, 1.807) is 42.5 Å². The molecule has 25 heavy (non-hydrogen) atoms. The van der Waals surface area contributed by atoms with E-state index in [0.29, 0.717) is 28.3 Å². The van der Waals surface area contributed by atoms with E-state index in [2.05, 4.69) is 10.6 Å². The molecule has 0 aromatic heterocycles.